The van der Waals surface area contributed by atoms with Gasteiger partial charge >= 0.3 is 6.18 Å². The van der Waals surface area contributed by atoms with E-state index in [0.29, 0.717) is 11.4 Å². The second kappa shape index (κ2) is 6.76. The van der Waals surface area contributed by atoms with Gasteiger partial charge in [-0.05, 0) is 30.3 Å². The summed E-state index contributed by atoms with van der Waals surface area (Å²) in [5, 5.41) is 10.2. The first-order valence-electron chi connectivity index (χ1n) is 7.26. The van der Waals surface area contributed by atoms with Gasteiger partial charge in [0.05, 0.1) is 11.8 Å². The van der Waals surface area contributed by atoms with E-state index in [4.69, 9.17) is 4.74 Å². The smallest absolute Gasteiger partial charge is 0.416 e. The Balaban J connectivity index is 2.08. The third-order valence-electron chi connectivity index (χ3n) is 3.31. The SMILES string of the molecule is CN=Cc1n[nH]nc1-c1cc(Oc2ccccc2)cc(C(F)(F)F)c1. The van der Waals surface area contributed by atoms with Crippen molar-refractivity contribution in [2.24, 2.45) is 4.99 Å². The van der Waals surface area contributed by atoms with Crippen LogP contribution >= 0.6 is 0 Å². The van der Waals surface area contributed by atoms with Crippen LogP contribution in [0.5, 0.6) is 11.5 Å². The Morgan fingerprint density at radius 2 is 1.80 bits per heavy atom. The molecule has 0 unspecified atom stereocenters. The number of aromatic amines is 1. The topological polar surface area (TPSA) is 63.2 Å². The highest BCUT2D eigenvalue weighted by molar-refractivity contribution is 5.86. The maximum atomic E-state index is 13.3. The average Bonchev–Trinajstić information content (AvgIpc) is 3.03. The standard InChI is InChI=1S/C17H13F3N4O/c1-21-10-15-16(23-24-22-15)11-7-12(17(18,19)20)9-14(8-11)25-13-5-3-2-4-6-13/h2-10H,1H3,(H,22,23,24). The number of hydrogen-bond acceptors (Lipinski definition) is 4. The number of rotatable bonds is 4. The molecule has 0 fully saturated rings. The lowest BCUT2D eigenvalue weighted by atomic mass is 10.1. The van der Waals surface area contributed by atoms with E-state index in [1.807, 2.05) is 0 Å². The molecule has 25 heavy (non-hydrogen) atoms. The van der Waals surface area contributed by atoms with Crippen molar-refractivity contribution >= 4 is 6.21 Å². The highest BCUT2D eigenvalue weighted by atomic mass is 19.4. The van der Waals surface area contributed by atoms with Crippen LogP contribution in [-0.4, -0.2) is 28.7 Å². The second-order valence-corrected chi connectivity index (χ2v) is 5.10. The quantitative estimate of drug-likeness (QED) is 0.715. The van der Waals surface area contributed by atoms with E-state index in [-0.39, 0.29) is 17.0 Å². The summed E-state index contributed by atoms with van der Waals surface area (Å²) in [4.78, 5) is 3.82. The van der Waals surface area contributed by atoms with Crippen molar-refractivity contribution < 1.29 is 17.9 Å². The first kappa shape index (κ1) is 16.7. The fourth-order valence-corrected chi connectivity index (χ4v) is 2.25. The molecule has 5 nitrogen and oxygen atoms in total. The van der Waals surface area contributed by atoms with E-state index in [1.165, 1.54) is 19.3 Å². The number of H-pyrrole nitrogens is 1. The summed E-state index contributed by atoms with van der Waals surface area (Å²) in [5.74, 6) is 0.488. The number of hydrogen-bond donors (Lipinski definition) is 1. The van der Waals surface area contributed by atoms with Gasteiger partial charge in [0.15, 0.2) is 0 Å². The van der Waals surface area contributed by atoms with Gasteiger partial charge < -0.3 is 4.74 Å². The third-order valence-corrected chi connectivity index (χ3v) is 3.31. The summed E-state index contributed by atoms with van der Waals surface area (Å²) in [6.45, 7) is 0. The molecule has 1 N–H and O–H groups in total. The number of halogens is 3. The molecule has 0 radical (unpaired) electrons. The summed E-state index contributed by atoms with van der Waals surface area (Å²) in [7, 11) is 1.54. The lowest BCUT2D eigenvalue weighted by Crippen LogP contribution is -2.05. The summed E-state index contributed by atoms with van der Waals surface area (Å²) in [5.41, 5.74) is -0.00942. The number of aromatic nitrogens is 3. The van der Waals surface area contributed by atoms with Gasteiger partial charge in [-0.3, -0.25) is 4.99 Å². The number of para-hydroxylation sites is 1. The van der Waals surface area contributed by atoms with Crippen molar-refractivity contribution in [3.63, 3.8) is 0 Å². The summed E-state index contributed by atoms with van der Waals surface area (Å²) in [6, 6.07) is 12.0. The fourth-order valence-electron chi connectivity index (χ4n) is 2.25. The molecule has 1 aromatic heterocycles. The Morgan fingerprint density at radius 1 is 1.04 bits per heavy atom. The molecular formula is C17H13F3N4O. The van der Waals surface area contributed by atoms with Crippen LogP contribution in [0.25, 0.3) is 11.3 Å². The van der Waals surface area contributed by atoms with Gasteiger partial charge in [0.1, 0.15) is 22.9 Å². The van der Waals surface area contributed by atoms with E-state index >= 15 is 0 Å². The highest BCUT2D eigenvalue weighted by Gasteiger charge is 2.32. The van der Waals surface area contributed by atoms with E-state index in [1.54, 1.807) is 30.3 Å². The lowest BCUT2D eigenvalue weighted by Gasteiger charge is -2.12. The van der Waals surface area contributed by atoms with Crippen molar-refractivity contribution in [1.29, 1.82) is 0 Å². The Labute approximate surface area is 141 Å². The fraction of sp³-hybridized carbons (Fsp3) is 0.118. The maximum absolute atomic E-state index is 13.3. The Hall–Kier alpha value is -3.16. The number of nitrogens with one attached hydrogen (secondary N) is 1. The first-order chi connectivity index (χ1) is 12.0. The largest absolute Gasteiger partial charge is 0.457 e. The summed E-state index contributed by atoms with van der Waals surface area (Å²) in [6.07, 6.45) is -3.11. The van der Waals surface area contributed by atoms with E-state index < -0.39 is 11.7 Å². The predicted molar refractivity (Wildman–Crippen MR) is 86.9 cm³/mol. The molecule has 0 atom stereocenters. The summed E-state index contributed by atoms with van der Waals surface area (Å²) < 4.78 is 45.3. The number of benzene rings is 2. The van der Waals surface area contributed by atoms with Crippen LogP contribution in [0.3, 0.4) is 0 Å². The zero-order valence-electron chi connectivity index (χ0n) is 13.1. The molecule has 8 heteroatoms. The minimum Gasteiger partial charge on any atom is -0.457 e. The lowest BCUT2D eigenvalue weighted by molar-refractivity contribution is -0.137. The van der Waals surface area contributed by atoms with Gasteiger partial charge in [-0.25, -0.2) is 0 Å². The predicted octanol–water partition coefficient (Wildman–Crippen LogP) is 4.33. The second-order valence-electron chi connectivity index (χ2n) is 5.10. The molecule has 0 saturated heterocycles. The molecule has 3 aromatic rings. The molecule has 0 amide bonds. The molecule has 0 aliphatic heterocycles. The molecular weight excluding hydrogens is 333 g/mol. The molecule has 2 aromatic carbocycles. The number of nitrogens with zero attached hydrogens (tertiary/aromatic N) is 3. The van der Waals surface area contributed by atoms with Crippen LogP contribution < -0.4 is 4.74 Å². The molecule has 0 saturated carbocycles. The van der Waals surface area contributed by atoms with Crippen LogP contribution in [0.4, 0.5) is 13.2 Å². The van der Waals surface area contributed by atoms with Crippen LogP contribution in [-0.2, 0) is 6.18 Å². The van der Waals surface area contributed by atoms with Crippen molar-refractivity contribution in [3.05, 3.63) is 59.8 Å². The minimum absolute atomic E-state index is 0.0541. The van der Waals surface area contributed by atoms with Crippen LogP contribution in [0.15, 0.2) is 53.5 Å². The number of ether oxygens (including phenoxy) is 1. The molecule has 3 rings (SSSR count). The number of aliphatic imine (C=N–C) groups is 1. The van der Waals surface area contributed by atoms with Crippen LogP contribution in [0.2, 0.25) is 0 Å². The van der Waals surface area contributed by atoms with Crippen LogP contribution in [0.1, 0.15) is 11.3 Å². The third kappa shape index (κ3) is 3.85. The van der Waals surface area contributed by atoms with Crippen molar-refractivity contribution in [1.82, 2.24) is 15.4 Å². The molecule has 0 bridgehead atoms. The van der Waals surface area contributed by atoms with Crippen molar-refractivity contribution in [3.8, 4) is 22.8 Å². The first-order valence-corrected chi connectivity index (χ1v) is 7.26. The Morgan fingerprint density at radius 3 is 2.48 bits per heavy atom. The van der Waals surface area contributed by atoms with E-state index in [9.17, 15) is 13.2 Å². The molecule has 128 valence electrons. The molecule has 0 spiro atoms. The van der Waals surface area contributed by atoms with Crippen molar-refractivity contribution in [2.75, 3.05) is 7.05 Å². The normalized spacial score (nSPS) is 11.8. The Kier molecular flexibility index (Phi) is 4.51. The Bertz CT molecular complexity index is 888. The maximum Gasteiger partial charge on any atom is 0.416 e. The van der Waals surface area contributed by atoms with Crippen LogP contribution in [0, 0.1) is 0 Å². The molecule has 0 aliphatic rings. The van der Waals surface area contributed by atoms with Gasteiger partial charge in [-0.1, -0.05) is 18.2 Å². The average molecular weight is 346 g/mol. The zero-order chi connectivity index (χ0) is 17.9. The number of alkyl halides is 3. The van der Waals surface area contributed by atoms with Gasteiger partial charge in [0.2, 0.25) is 0 Å². The summed E-state index contributed by atoms with van der Waals surface area (Å²) >= 11 is 0. The molecule has 0 aliphatic carbocycles. The van der Waals surface area contributed by atoms with Gasteiger partial charge in [-0.15, -0.1) is 0 Å². The van der Waals surface area contributed by atoms with Crippen molar-refractivity contribution in [2.45, 2.75) is 6.18 Å². The molecule has 1 heterocycles. The highest BCUT2D eigenvalue weighted by Crippen LogP contribution is 2.36. The van der Waals surface area contributed by atoms with Gasteiger partial charge in [-0.2, -0.15) is 28.6 Å². The van der Waals surface area contributed by atoms with Gasteiger partial charge in [0, 0.05) is 12.6 Å². The zero-order valence-corrected chi connectivity index (χ0v) is 13.1. The van der Waals surface area contributed by atoms with Gasteiger partial charge in [0.25, 0.3) is 0 Å². The minimum atomic E-state index is -4.52. The monoisotopic (exact) mass is 346 g/mol. The van der Waals surface area contributed by atoms with E-state index in [2.05, 4.69) is 20.4 Å². The van der Waals surface area contributed by atoms with E-state index in [0.717, 1.165) is 12.1 Å².